The summed E-state index contributed by atoms with van der Waals surface area (Å²) in [6, 6.07) is 6.64. The fourth-order valence-corrected chi connectivity index (χ4v) is 4.40. The highest BCUT2D eigenvalue weighted by Gasteiger charge is 2.21. The Hall–Kier alpha value is -2.99. The van der Waals surface area contributed by atoms with E-state index in [0.717, 1.165) is 43.7 Å². The third kappa shape index (κ3) is 3.63. The van der Waals surface area contributed by atoms with Crippen LogP contribution < -0.4 is 4.90 Å². The summed E-state index contributed by atoms with van der Waals surface area (Å²) < 4.78 is 1.89. The van der Waals surface area contributed by atoms with Crippen LogP contribution >= 0.6 is 0 Å². The number of aryl methyl sites for hydroxylation is 2. The molecule has 0 unspecified atom stereocenters. The summed E-state index contributed by atoms with van der Waals surface area (Å²) in [5.74, 6) is 0.763. The normalized spacial score (nSPS) is 18.1. The molecule has 154 valence electrons. The van der Waals surface area contributed by atoms with E-state index in [-0.39, 0.29) is 5.78 Å². The molecule has 30 heavy (non-hydrogen) atoms. The molecule has 2 aromatic heterocycles. The predicted octanol–water partition coefficient (Wildman–Crippen LogP) is 3.24. The van der Waals surface area contributed by atoms with E-state index in [2.05, 4.69) is 45.0 Å². The fourth-order valence-electron chi connectivity index (χ4n) is 4.40. The molecule has 0 bridgehead atoms. The van der Waals surface area contributed by atoms with Gasteiger partial charge >= 0.3 is 0 Å². The molecule has 5 rings (SSSR count). The number of carbonyl (C=O) groups excluding carboxylic acids is 1. The van der Waals surface area contributed by atoms with Gasteiger partial charge < -0.3 is 9.80 Å². The van der Waals surface area contributed by atoms with E-state index in [1.165, 1.54) is 17.7 Å². The minimum Gasteiger partial charge on any atom is -0.370 e. The Kier molecular flexibility index (Phi) is 4.87. The van der Waals surface area contributed by atoms with Gasteiger partial charge in [-0.2, -0.15) is 0 Å². The Morgan fingerprint density at radius 3 is 2.83 bits per heavy atom. The number of allylic oxidation sites excluding steroid dienone is 1. The molecule has 1 aliphatic carbocycles. The van der Waals surface area contributed by atoms with E-state index >= 15 is 0 Å². The molecule has 3 heterocycles. The van der Waals surface area contributed by atoms with Crippen molar-refractivity contribution in [2.24, 2.45) is 0 Å². The minimum atomic E-state index is 0.143. The lowest BCUT2D eigenvalue weighted by molar-refractivity contribution is -0.113. The molecule has 0 atom stereocenters. The molecular weight excluding hydrogens is 374 g/mol. The Morgan fingerprint density at radius 2 is 1.93 bits per heavy atom. The average Bonchev–Trinajstić information content (AvgIpc) is 2.91. The Bertz CT molecular complexity index is 1150. The third-order valence-corrected chi connectivity index (χ3v) is 6.15. The van der Waals surface area contributed by atoms with Crippen LogP contribution in [0.4, 0.5) is 5.69 Å². The van der Waals surface area contributed by atoms with Gasteiger partial charge in [0.15, 0.2) is 5.78 Å². The third-order valence-electron chi connectivity index (χ3n) is 6.15. The number of aromatic nitrogens is 3. The number of imidazole rings is 1. The average molecular weight is 402 g/mol. The summed E-state index contributed by atoms with van der Waals surface area (Å²) in [7, 11) is 2.19. The summed E-state index contributed by atoms with van der Waals surface area (Å²) in [5, 5.41) is 0. The van der Waals surface area contributed by atoms with Crippen LogP contribution in [0.15, 0.2) is 36.8 Å². The van der Waals surface area contributed by atoms with Gasteiger partial charge in [0.25, 0.3) is 0 Å². The van der Waals surface area contributed by atoms with Crippen LogP contribution in [0.3, 0.4) is 0 Å². The highest BCUT2D eigenvalue weighted by Crippen LogP contribution is 2.30. The van der Waals surface area contributed by atoms with Crippen LogP contribution in [-0.2, 0) is 11.2 Å². The number of rotatable bonds is 2. The lowest BCUT2D eigenvalue weighted by Crippen LogP contribution is -2.28. The molecule has 1 aliphatic heterocycles. The van der Waals surface area contributed by atoms with E-state index in [9.17, 15) is 4.79 Å². The number of nitrogens with zero attached hydrogens (tertiary/aromatic N) is 5. The number of ketones is 1. The Labute approximate surface area is 176 Å². The van der Waals surface area contributed by atoms with Crippen LogP contribution in [0.1, 0.15) is 35.2 Å². The second-order valence-electron chi connectivity index (χ2n) is 8.47. The first-order valence-electron chi connectivity index (χ1n) is 10.7. The van der Waals surface area contributed by atoms with Gasteiger partial charge in [-0.1, -0.05) is 6.07 Å². The molecule has 1 fully saturated rings. The Balaban J connectivity index is 1.49. The van der Waals surface area contributed by atoms with Crippen LogP contribution in [0, 0.1) is 6.92 Å². The molecule has 0 amide bonds. The molecule has 0 spiro atoms. The van der Waals surface area contributed by atoms with Crippen LogP contribution in [0.25, 0.3) is 17.4 Å². The number of hydrogen-bond donors (Lipinski definition) is 0. The van der Waals surface area contributed by atoms with Crippen LogP contribution in [0.2, 0.25) is 0 Å². The lowest BCUT2D eigenvalue weighted by Gasteiger charge is -2.24. The van der Waals surface area contributed by atoms with Crippen molar-refractivity contribution in [1.82, 2.24) is 19.3 Å². The predicted molar refractivity (Wildman–Crippen MR) is 120 cm³/mol. The summed E-state index contributed by atoms with van der Waals surface area (Å²) in [4.78, 5) is 26.8. The van der Waals surface area contributed by atoms with Gasteiger partial charge in [0.1, 0.15) is 0 Å². The summed E-state index contributed by atoms with van der Waals surface area (Å²) >= 11 is 0. The standard InChI is InChI=1S/C24H27N5O/c1-17-14-25-24-26-22(16-29(24)15-17)21-13-19-4-6-20(12-18(19)5-7-23(21)30)28-9-3-8-27(2)10-11-28/h4,6,12-16H,3,5,7-11H2,1-2H3. The maximum Gasteiger partial charge on any atom is 0.234 e. The number of fused-ring (bicyclic) bond motifs is 2. The maximum absolute atomic E-state index is 12.9. The fraction of sp³-hybridized carbons (Fsp3) is 0.375. The van der Waals surface area contributed by atoms with E-state index in [4.69, 9.17) is 0 Å². The van der Waals surface area contributed by atoms with Crippen molar-refractivity contribution in [1.29, 1.82) is 0 Å². The van der Waals surface area contributed by atoms with E-state index in [0.29, 0.717) is 23.5 Å². The van der Waals surface area contributed by atoms with Gasteiger partial charge in [-0.15, -0.1) is 0 Å². The number of benzene rings is 1. The summed E-state index contributed by atoms with van der Waals surface area (Å²) in [6.45, 7) is 6.36. The quantitative estimate of drug-likeness (QED) is 0.660. The SMILES string of the molecule is Cc1cnc2nc(C3=Cc4ccc(N5CCCN(C)CC5)cc4CCC3=O)cn2c1. The van der Waals surface area contributed by atoms with Crippen molar-refractivity contribution in [2.75, 3.05) is 38.1 Å². The molecule has 2 aliphatic rings. The molecule has 0 radical (unpaired) electrons. The minimum absolute atomic E-state index is 0.143. The van der Waals surface area contributed by atoms with Crippen molar-refractivity contribution in [3.05, 3.63) is 59.2 Å². The molecular formula is C24H27N5O. The second-order valence-corrected chi connectivity index (χ2v) is 8.47. The molecule has 1 saturated heterocycles. The second kappa shape index (κ2) is 7.69. The molecule has 0 saturated carbocycles. The van der Waals surface area contributed by atoms with Crippen molar-refractivity contribution in [2.45, 2.75) is 26.2 Å². The zero-order valence-corrected chi connectivity index (χ0v) is 17.6. The summed E-state index contributed by atoms with van der Waals surface area (Å²) in [6.07, 6.45) is 10.2. The Morgan fingerprint density at radius 1 is 1.03 bits per heavy atom. The van der Waals surface area contributed by atoms with E-state index < -0.39 is 0 Å². The number of hydrogen-bond acceptors (Lipinski definition) is 5. The molecule has 0 N–H and O–H groups in total. The lowest BCUT2D eigenvalue weighted by atomic mass is 10.0. The van der Waals surface area contributed by atoms with Crippen molar-refractivity contribution in [3.8, 4) is 0 Å². The van der Waals surface area contributed by atoms with Crippen LogP contribution in [0.5, 0.6) is 0 Å². The van der Waals surface area contributed by atoms with Gasteiger partial charge in [0, 0.05) is 55.9 Å². The topological polar surface area (TPSA) is 53.7 Å². The van der Waals surface area contributed by atoms with Crippen molar-refractivity contribution >= 4 is 28.9 Å². The monoisotopic (exact) mass is 401 g/mol. The molecule has 6 heteroatoms. The number of carbonyl (C=O) groups is 1. The van der Waals surface area contributed by atoms with Gasteiger partial charge in [0.05, 0.1) is 5.69 Å². The highest BCUT2D eigenvalue weighted by molar-refractivity contribution is 6.25. The summed E-state index contributed by atoms with van der Waals surface area (Å²) in [5.41, 5.74) is 6.07. The first-order chi connectivity index (χ1) is 14.6. The first kappa shape index (κ1) is 19.0. The molecule has 3 aromatic rings. The van der Waals surface area contributed by atoms with Crippen LogP contribution in [-0.4, -0.2) is 58.3 Å². The largest absolute Gasteiger partial charge is 0.370 e. The number of likely N-dealkylation sites (N-methyl/N-ethyl adjacent to an activating group) is 1. The van der Waals surface area contributed by atoms with Crippen molar-refractivity contribution in [3.63, 3.8) is 0 Å². The van der Waals surface area contributed by atoms with Gasteiger partial charge in [-0.05, 0) is 68.3 Å². The molecule has 6 nitrogen and oxygen atoms in total. The van der Waals surface area contributed by atoms with Gasteiger partial charge in [-0.3, -0.25) is 9.20 Å². The molecule has 1 aromatic carbocycles. The maximum atomic E-state index is 12.9. The van der Waals surface area contributed by atoms with E-state index in [1.54, 1.807) is 6.20 Å². The zero-order valence-electron chi connectivity index (χ0n) is 17.6. The highest BCUT2D eigenvalue weighted by atomic mass is 16.1. The van der Waals surface area contributed by atoms with Gasteiger partial charge in [0.2, 0.25) is 5.78 Å². The number of Topliss-reactive ketones (excluding diaryl/α,β-unsaturated/α-hetero) is 1. The number of anilines is 1. The first-order valence-corrected chi connectivity index (χ1v) is 10.7. The van der Waals surface area contributed by atoms with Crippen molar-refractivity contribution < 1.29 is 4.79 Å². The zero-order chi connectivity index (χ0) is 20.7. The van der Waals surface area contributed by atoms with E-state index in [1.807, 2.05) is 29.8 Å². The smallest absolute Gasteiger partial charge is 0.234 e. The van der Waals surface area contributed by atoms with Gasteiger partial charge in [-0.25, -0.2) is 9.97 Å².